The lowest BCUT2D eigenvalue weighted by molar-refractivity contribution is -0.123. The van der Waals surface area contributed by atoms with Gasteiger partial charge in [-0.2, -0.15) is 0 Å². The van der Waals surface area contributed by atoms with E-state index in [0.717, 1.165) is 12.1 Å². The Bertz CT molecular complexity index is 685. The Kier molecular flexibility index (Phi) is 5.54. The molecule has 1 aliphatic carbocycles. The van der Waals surface area contributed by atoms with Gasteiger partial charge in [-0.05, 0) is 37.0 Å². The Labute approximate surface area is 148 Å². The first-order valence-corrected chi connectivity index (χ1v) is 8.83. The summed E-state index contributed by atoms with van der Waals surface area (Å²) in [7, 11) is 0. The predicted octanol–water partition coefficient (Wildman–Crippen LogP) is 4.18. The molecule has 2 aromatic rings. The molecule has 0 bridgehead atoms. The topological polar surface area (TPSA) is 32.3 Å². The quantitative estimate of drug-likeness (QED) is 0.818. The van der Waals surface area contributed by atoms with Gasteiger partial charge >= 0.3 is 0 Å². The Balaban J connectivity index is 1.59. The Morgan fingerprint density at radius 1 is 1.17 bits per heavy atom. The van der Waals surface area contributed by atoms with Gasteiger partial charge in [-0.3, -0.25) is 9.69 Å². The molecule has 3 rings (SSSR count). The van der Waals surface area contributed by atoms with E-state index in [-0.39, 0.29) is 11.9 Å². The summed E-state index contributed by atoms with van der Waals surface area (Å²) in [6.07, 6.45) is 2.36. The maximum Gasteiger partial charge on any atom is 0.234 e. The highest BCUT2D eigenvalue weighted by molar-refractivity contribution is 6.31. The van der Waals surface area contributed by atoms with Crippen LogP contribution in [0.3, 0.4) is 0 Å². The fraction of sp³-hybridized carbons (Fsp3) is 0.350. The highest BCUT2D eigenvalue weighted by atomic mass is 35.5. The molecule has 0 saturated heterocycles. The minimum atomic E-state index is -0.0935. The lowest BCUT2D eigenvalue weighted by atomic mass is 10.1. The number of nitrogens with one attached hydrogen (secondary N) is 1. The van der Waals surface area contributed by atoms with Crippen LogP contribution in [0.5, 0.6) is 0 Å². The maximum atomic E-state index is 12.5. The van der Waals surface area contributed by atoms with Crippen LogP contribution >= 0.6 is 11.6 Å². The van der Waals surface area contributed by atoms with Crippen LogP contribution in [0.4, 0.5) is 0 Å². The van der Waals surface area contributed by atoms with E-state index in [9.17, 15) is 4.79 Å². The summed E-state index contributed by atoms with van der Waals surface area (Å²) in [5, 5.41) is 3.76. The van der Waals surface area contributed by atoms with E-state index in [4.69, 9.17) is 11.6 Å². The van der Waals surface area contributed by atoms with E-state index in [1.165, 1.54) is 18.4 Å². The molecule has 0 aromatic heterocycles. The Morgan fingerprint density at radius 3 is 2.50 bits per heavy atom. The second-order valence-corrected chi connectivity index (χ2v) is 6.84. The molecule has 24 heavy (non-hydrogen) atoms. The van der Waals surface area contributed by atoms with Gasteiger partial charge in [0, 0.05) is 17.6 Å². The van der Waals surface area contributed by atoms with Gasteiger partial charge in [0.25, 0.3) is 0 Å². The van der Waals surface area contributed by atoms with Gasteiger partial charge < -0.3 is 5.32 Å². The number of nitrogens with zero attached hydrogens (tertiary/aromatic N) is 1. The average Bonchev–Trinajstić information content (AvgIpc) is 3.40. The molecule has 1 aliphatic rings. The van der Waals surface area contributed by atoms with Crippen LogP contribution in [0.1, 0.15) is 36.9 Å². The zero-order valence-corrected chi connectivity index (χ0v) is 14.7. The van der Waals surface area contributed by atoms with Crippen molar-refractivity contribution in [2.45, 2.75) is 38.4 Å². The number of hydrogen-bond acceptors (Lipinski definition) is 2. The molecule has 3 nitrogen and oxygen atoms in total. The molecule has 1 fully saturated rings. The minimum Gasteiger partial charge on any atom is -0.348 e. The highest BCUT2D eigenvalue weighted by Gasteiger charge is 2.30. The molecule has 0 heterocycles. The zero-order chi connectivity index (χ0) is 16.9. The molecule has 126 valence electrons. The third kappa shape index (κ3) is 4.59. The third-order valence-electron chi connectivity index (χ3n) is 4.39. The first kappa shape index (κ1) is 17.0. The van der Waals surface area contributed by atoms with Crippen molar-refractivity contribution >= 4 is 17.5 Å². The first-order chi connectivity index (χ1) is 11.6. The molecule has 1 amide bonds. The van der Waals surface area contributed by atoms with Crippen molar-refractivity contribution in [3.05, 3.63) is 70.7 Å². The molecule has 1 saturated carbocycles. The monoisotopic (exact) mass is 342 g/mol. The van der Waals surface area contributed by atoms with Gasteiger partial charge in [0.05, 0.1) is 12.6 Å². The zero-order valence-electron chi connectivity index (χ0n) is 13.9. The molecule has 4 heteroatoms. The van der Waals surface area contributed by atoms with Crippen molar-refractivity contribution in [1.82, 2.24) is 10.2 Å². The molecule has 0 spiro atoms. The van der Waals surface area contributed by atoms with Crippen LogP contribution in [-0.2, 0) is 11.3 Å². The molecule has 1 N–H and O–H groups in total. The normalized spacial score (nSPS) is 15.3. The number of carbonyl (C=O) groups is 1. The van der Waals surface area contributed by atoms with Crippen molar-refractivity contribution in [3.63, 3.8) is 0 Å². The second kappa shape index (κ2) is 7.82. The summed E-state index contributed by atoms with van der Waals surface area (Å²) in [5.74, 6) is 0.0465. The Morgan fingerprint density at radius 2 is 1.83 bits per heavy atom. The molecule has 0 aliphatic heterocycles. The third-order valence-corrected chi connectivity index (χ3v) is 4.73. The van der Waals surface area contributed by atoms with E-state index in [2.05, 4.69) is 22.3 Å². The number of benzene rings is 2. The molecular weight excluding hydrogens is 320 g/mol. The standard InChI is InChI=1S/C20H23ClN2O/c1-15(18-9-5-6-10-19(18)21)22-20(24)14-23(17-11-12-17)13-16-7-3-2-4-8-16/h2-10,15,17H,11-14H2,1H3,(H,22,24). The van der Waals surface area contributed by atoms with Crippen LogP contribution in [0, 0.1) is 0 Å². The number of amides is 1. The van der Waals surface area contributed by atoms with Crippen molar-refractivity contribution in [1.29, 1.82) is 0 Å². The average molecular weight is 343 g/mol. The molecule has 1 unspecified atom stereocenters. The van der Waals surface area contributed by atoms with Crippen molar-refractivity contribution in [2.24, 2.45) is 0 Å². The number of hydrogen-bond donors (Lipinski definition) is 1. The minimum absolute atomic E-state index is 0.0465. The van der Waals surface area contributed by atoms with Crippen LogP contribution in [-0.4, -0.2) is 23.4 Å². The van der Waals surface area contributed by atoms with E-state index in [1.807, 2.05) is 49.4 Å². The SMILES string of the molecule is CC(NC(=O)CN(Cc1ccccc1)C1CC1)c1ccccc1Cl. The second-order valence-electron chi connectivity index (χ2n) is 6.43. The summed E-state index contributed by atoms with van der Waals surface area (Å²) in [4.78, 5) is 14.7. The van der Waals surface area contributed by atoms with Crippen LogP contribution in [0.15, 0.2) is 54.6 Å². The predicted molar refractivity (Wildman–Crippen MR) is 97.9 cm³/mol. The summed E-state index contributed by atoms with van der Waals surface area (Å²) < 4.78 is 0. The molecular formula is C20H23ClN2O. The molecule has 0 radical (unpaired) electrons. The van der Waals surface area contributed by atoms with Crippen molar-refractivity contribution in [2.75, 3.05) is 6.54 Å². The lowest BCUT2D eigenvalue weighted by Gasteiger charge is -2.23. The summed E-state index contributed by atoms with van der Waals surface area (Å²) >= 11 is 6.21. The Hall–Kier alpha value is -1.84. The smallest absolute Gasteiger partial charge is 0.234 e. The van der Waals surface area contributed by atoms with Crippen molar-refractivity contribution < 1.29 is 4.79 Å². The fourth-order valence-electron chi connectivity index (χ4n) is 2.95. The number of halogens is 1. The van der Waals surface area contributed by atoms with E-state index in [1.54, 1.807) is 0 Å². The summed E-state index contributed by atoms with van der Waals surface area (Å²) in [6.45, 7) is 3.21. The first-order valence-electron chi connectivity index (χ1n) is 8.45. The van der Waals surface area contributed by atoms with Gasteiger partial charge in [0.2, 0.25) is 5.91 Å². The van der Waals surface area contributed by atoms with E-state index < -0.39 is 0 Å². The summed E-state index contributed by atoms with van der Waals surface area (Å²) in [5.41, 5.74) is 2.20. The van der Waals surface area contributed by atoms with Crippen LogP contribution in [0.25, 0.3) is 0 Å². The maximum absolute atomic E-state index is 12.5. The van der Waals surface area contributed by atoms with Gasteiger partial charge in [0.15, 0.2) is 0 Å². The lowest BCUT2D eigenvalue weighted by Crippen LogP contribution is -2.39. The molecule has 2 aromatic carbocycles. The van der Waals surface area contributed by atoms with Gasteiger partial charge in [-0.1, -0.05) is 60.1 Å². The number of carbonyl (C=O) groups excluding carboxylic acids is 1. The van der Waals surface area contributed by atoms with Crippen molar-refractivity contribution in [3.8, 4) is 0 Å². The molecule has 1 atom stereocenters. The van der Waals surface area contributed by atoms with Crippen LogP contribution < -0.4 is 5.32 Å². The van der Waals surface area contributed by atoms with Gasteiger partial charge in [-0.25, -0.2) is 0 Å². The fourth-order valence-corrected chi connectivity index (χ4v) is 3.25. The summed E-state index contributed by atoms with van der Waals surface area (Å²) in [6, 6.07) is 18.4. The van der Waals surface area contributed by atoms with Gasteiger partial charge in [0.1, 0.15) is 0 Å². The van der Waals surface area contributed by atoms with Crippen LogP contribution in [0.2, 0.25) is 5.02 Å². The van der Waals surface area contributed by atoms with Gasteiger partial charge in [-0.15, -0.1) is 0 Å². The van der Waals surface area contributed by atoms with E-state index in [0.29, 0.717) is 17.6 Å². The number of rotatable bonds is 7. The largest absolute Gasteiger partial charge is 0.348 e. The highest BCUT2D eigenvalue weighted by Crippen LogP contribution is 2.28. The van der Waals surface area contributed by atoms with E-state index >= 15 is 0 Å².